The first-order chi connectivity index (χ1) is 17.2. The lowest BCUT2D eigenvalue weighted by Crippen LogP contribution is -2.43. The van der Waals surface area contributed by atoms with Crippen molar-refractivity contribution in [2.75, 3.05) is 12.3 Å². The highest BCUT2D eigenvalue weighted by atomic mass is 16.5. The van der Waals surface area contributed by atoms with Crippen LogP contribution in [0, 0.1) is 6.92 Å². The van der Waals surface area contributed by atoms with E-state index >= 15 is 0 Å². The number of rotatable bonds is 7. The maximum atomic E-state index is 12.8. The summed E-state index contributed by atoms with van der Waals surface area (Å²) in [5.74, 6) is -1.94. The van der Waals surface area contributed by atoms with Crippen LogP contribution in [0.5, 0.6) is 0 Å². The molecule has 0 amide bonds. The summed E-state index contributed by atoms with van der Waals surface area (Å²) in [7, 11) is 1.24. The number of nitrogens with zero attached hydrogens (tertiary/aromatic N) is 3. The Morgan fingerprint density at radius 3 is 2.28 bits per heavy atom. The maximum Gasteiger partial charge on any atom is 0.338 e. The highest BCUT2D eigenvalue weighted by Gasteiger charge is 2.23. The monoisotopic (exact) mass is 489 g/mol. The summed E-state index contributed by atoms with van der Waals surface area (Å²) in [5, 5.41) is 0. The van der Waals surface area contributed by atoms with Gasteiger partial charge in [0.1, 0.15) is 11.4 Å². The molecular formula is C25H23N5O6. The summed E-state index contributed by atoms with van der Waals surface area (Å²) in [6.45, 7) is 1.06. The molecule has 0 aliphatic carbocycles. The van der Waals surface area contributed by atoms with Gasteiger partial charge in [-0.2, -0.15) is 0 Å². The third-order valence-corrected chi connectivity index (χ3v) is 5.70. The number of nitrogens with two attached hydrogens (primary N) is 1. The van der Waals surface area contributed by atoms with E-state index in [1.165, 1.54) is 23.7 Å². The number of Topliss-reactive ketones (excluding diaryl/α,β-unsaturated/α-hetero) is 1. The Morgan fingerprint density at radius 2 is 1.67 bits per heavy atom. The summed E-state index contributed by atoms with van der Waals surface area (Å²) in [5.41, 5.74) is 5.89. The molecule has 0 aliphatic heterocycles. The Morgan fingerprint density at radius 1 is 1.00 bits per heavy atom. The fourth-order valence-corrected chi connectivity index (χ4v) is 3.77. The van der Waals surface area contributed by atoms with Gasteiger partial charge < -0.3 is 15.5 Å². The standard InChI is InChI=1S/C25H23N5O6/c1-15-12-27-24(34)30(15)18-10-8-17(9-11-18)23(33)36-14-19(31)20-21(26)29(25(35)28(2)22(20)32)13-16-6-4-3-5-7-16/h3-12H,13-14,26H2,1-2H3,(H,27,34). The van der Waals surface area contributed by atoms with E-state index in [1.54, 1.807) is 49.5 Å². The number of imidazole rings is 1. The molecule has 11 heteroatoms. The van der Waals surface area contributed by atoms with Crippen LogP contribution in [0.15, 0.2) is 75.2 Å². The minimum Gasteiger partial charge on any atom is -0.454 e. The Kier molecular flexibility index (Phi) is 6.55. The van der Waals surface area contributed by atoms with Crippen molar-refractivity contribution in [3.63, 3.8) is 0 Å². The number of carbonyl (C=O) groups excluding carboxylic acids is 2. The number of ketones is 1. The van der Waals surface area contributed by atoms with Crippen LogP contribution in [0.3, 0.4) is 0 Å². The van der Waals surface area contributed by atoms with Gasteiger partial charge in [-0.25, -0.2) is 14.4 Å². The molecule has 2 aromatic heterocycles. The van der Waals surface area contributed by atoms with E-state index in [4.69, 9.17) is 10.5 Å². The lowest BCUT2D eigenvalue weighted by atomic mass is 10.1. The fraction of sp³-hybridized carbons (Fsp3) is 0.160. The number of aryl methyl sites for hydroxylation is 1. The number of ether oxygens (including phenoxy) is 1. The molecule has 0 bridgehead atoms. The number of hydrogen-bond acceptors (Lipinski definition) is 7. The predicted octanol–water partition coefficient (Wildman–Crippen LogP) is 1.00. The van der Waals surface area contributed by atoms with E-state index in [-0.39, 0.29) is 23.6 Å². The zero-order valence-electron chi connectivity index (χ0n) is 19.6. The molecule has 0 fully saturated rings. The molecule has 2 heterocycles. The third kappa shape index (κ3) is 4.53. The Balaban J connectivity index is 1.53. The van der Waals surface area contributed by atoms with Crippen molar-refractivity contribution in [3.8, 4) is 5.69 Å². The van der Waals surface area contributed by atoms with E-state index in [1.807, 2.05) is 6.07 Å². The normalized spacial score (nSPS) is 10.8. The second-order valence-corrected chi connectivity index (χ2v) is 8.10. The predicted molar refractivity (Wildman–Crippen MR) is 132 cm³/mol. The number of nitrogens with one attached hydrogen (secondary N) is 1. The molecule has 3 N–H and O–H groups in total. The molecule has 36 heavy (non-hydrogen) atoms. The average molecular weight is 489 g/mol. The van der Waals surface area contributed by atoms with Gasteiger partial charge in [0.05, 0.1) is 17.8 Å². The third-order valence-electron chi connectivity index (χ3n) is 5.70. The quantitative estimate of drug-likeness (QED) is 0.290. The first-order valence-electron chi connectivity index (χ1n) is 10.9. The topological polar surface area (TPSA) is 151 Å². The van der Waals surface area contributed by atoms with Gasteiger partial charge in [-0.3, -0.25) is 23.3 Å². The van der Waals surface area contributed by atoms with Gasteiger partial charge in [0, 0.05) is 18.9 Å². The molecule has 184 valence electrons. The average Bonchev–Trinajstić information content (AvgIpc) is 3.22. The van der Waals surface area contributed by atoms with Gasteiger partial charge in [0.15, 0.2) is 6.61 Å². The minimum absolute atomic E-state index is 0.0513. The number of esters is 1. The van der Waals surface area contributed by atoms with Crippen molar-refractivity contribution < 1.29 is 14.3 Å². The van der Waals surface area contributed by atoms with Crippen molar-refractivity contribution in [2.45, 2.75) is 13.5 Å². The lowest BCUT2D eigenvalue weighted by molar-refractivity contribution is 0.0474. The largest absolute Gasteiger partial charge is 0.454 e. The van der Waals surface area contributed by atoms with Crippen LogP contribution in [0.4, 0.5) is 5.82 Å². The molecule has 0 saturated carbocycles. The molecule has 11 nitrogen and oxygen atoms in total. The van der Waals surface area contributed by atoms with E-state index in [0.29, 0.717) is 11.4 Å². The first-order valence-corrected chi connectivity index (χ1v) is 10.9. The lowest BCUT2D eigenvalue weighted by Gasteiger charge is -2.15. The molecule has 4 aromatic rings. The van der Waals surface area contributed by atoms with Crippen molar-refractivity contribution >= 4 is 17.6 Å². The number of anilines is 1. The highest BCUT2D eigenvalue weighted by Crippen LogP contribution is 2.13. The van der Waals surface area contributed by atoms with E-state index in [9.17, 15) is 24.0 Å². The van der Waals surface area contributed by atoms with E-state index in [2.05, 4.69) is 4.98 Å². The summed E-state index contributed by atoms with van der Waals surface area (Å²) in [4.78, 5) is 65.1. The van der Waals surface area contributed by atoms with Crippen LogP contribution in [0.25, 0.3) is 5.69 Å². The Labute approximate surface area is 204 Å². The summed E-state index contributed by atoms with van der Waals surface area (Å²) >= 11 is 0. The van der Waals surface area contributed by atoms with Gasteiger partial charge in [-0.05, 0) is 36.8 Å². The van der Waals surface area contributed by atoms with Crippen LogP contribution in [-0.2, 0) is 18.3 Å². The molecule has 0 saturated heterocycles. The van der Waals surface area contributed by atoms with Crippen molar-refractivity contribution in [1.82, 2.24) is 18.7 Å². The first kappa shape index (κ1) is 24.2. The second-order valence-electron chi connectivity index (χ2n) is 8.10. The molecular weight excluding hydrogens is 466 g/mol. The molecule has 2 aromatic carbocycles. The van der Waals surface area contributed by atoms with E-state index in [0.717, 1.165) is 14.7 Å². The van der Waals surface area contributed by atoms with Crippen LogP contribution in [-0.4, -0.2) is 37.0 Å². The van der Waals surface area contributed by atoms with E-state index < -0.39 is 35.2 Å². The Hall–Kier alpha value is -4.93. The SMILES string of the molecule is Cc1c[nH]c(=O)n1-c1ccc(C(=O)OCC(=O)c2c(N)n(Cc3ccccc3)c(=O)n(C)c2=O)cc1. The van der Waals surface area contributed by atoms with Gasteiger partial charge in [0.25, 0.3) is 5.56 Å². The van der Waals surface area contributed by atoms with Crippen molar-refractivity contribution in [1.29, 1.82) is 0 Å². The van der Waals surface area contributed by atoms with Gasteiger partial charge >= 0.3 is 17.3 Å². The van der Waals surface area contributed by atoms with Crippen molar-refractivity contribution in [3.05, 3.63) is 115 Å². The van der Waals surface area contributed by atoms with Crippen molar-refractivity contribution in [2.24, 2.45) is 7.05 Å². The maximum absolute atomic E-state index is 12.8. The molecule has 4 rings (SSSR count). The highest BCUT2D eigenvalue weighted by molar-refractivity contribution is 6.02. The molecule has 0 unspecified atom stereocenters. The van der Waals surface area contributed by atoms with Crippen LogP contribution >= 0.6 is 0 Å². The van der Waals surface area contributed by atoms with Gasteiger partial charge in [0.2, 0.25) is 5.78 Å². The second kappa shape index (κ2) is 9.74. The number of H-pyrrole nitrogens is 1. The molecule has 0 spiro atoms. The molecule has 0 atom stereocenters. The Bertz CT molecular complexity index is 1620. The molecule has 0 radical (unpaired) electrons. The van der Waals surface area contributed by atoms with Crippen LogP contribution in [0.1, 0.15) is 32.0 Å². The van der Waals surface area contributed by atoms with Gasteiger partial charge in [-0.1, -0.05) is 30.3 Å². The molecule has 0 aliphatic rings. The number of benzene rings is 2. The number of nitrogen functional groups attached to an aromatic ring is 1. The summed E-state index contributed by atoms with van der Waals surface area (Å²) in [6, 6.07) is 15.0. The van der Waals surface area contributed by atoms with Crippen LogP contribution in [0.2, 0.25) is 0 Å². The van der Waals surface area contributed by atoms with Crippen LogP contribution < -0.4 is 22.7 Å². The smallest absolute Gasteiger partial charge is 0.338 e. The minimum atomic E-state index is -0.875. The number of aromatic nitrogens is 4. The number of hydrogen-bond donors (Lipinski definition) is 2. The number of aromatic amines is 1. The van der Waals surface area contributed by atoms with Gasteiger partial charge in [-0.15, -0.1) is 0 Å². The zero-order valence-corrected chi connectivity index (χ0v) is 19.6. The summed E-state index contributed by atoms with van der Waals surface area (Å²) in [6.07, 6.45) is 1.56. The zero-order chi connectivity index (χ0) is 26.0. The fourth-order valence-electron chi connectivity index (χ4n) is 3.77. The number of carbonyl (C=O) groups is 2. The summed E-state index contributed by atoms with van der Waals surface area (Å²) < 4.78 is 8.45.